The van der Waals surface area contributed by atoms with E-state index in [2.05, 4.69) is 5.32 Å². The second-order valence-electron chi connectivity index (χ2n) is 3.41. The van der Waals surface area contributed by atoms with Crippen molar-refractivity contribution in [2.24, 2.45) is 5.73 Å². The van der Waals surface area contributed by atoms with Crippen LogP contribution in [0.25, 0.3) is 0 Å². The molecule has 2 unspecified atom stereocenters. The minimum atomic E-state index is -0.184. The summed E-state index contributed by atoms with van der Waals surface area (Å²) in [5.74, 6) is -0.174. The van der Waals surface area contributed by atoms with Crippen LogP contribution in [0.2, 0.25) is 0 Å². The number of hydrogen-bond acceptors (Lipinski definition) is 2. The molecule has 2 atom stereocenters. The lowest BCUT2D eigenvalue weighted by Crippen LogP contribution is -2.29. The van der Waals surface area contributed by atoms with Crippen LogP contribution in [0.5, 0.6) is 0 Å². The number of nitrogens with two attached hydrogens (primary N) is 1. The van der Waals surface area contributed by atoms with Crippen molar-refractivity contribution in [3.63, 3.8) is 0 Å². The van der Waals surface area contributed by atoms with Crippen LogP contribution in [0.3, 0.4) is 0 Å². The first-order valence-electron chi connectivity index (χ1n) is 4.35. The van der Waals surface area contributed by atoms with Crippen molar-refractivity contribution in [2.75, 3.05) is 5.32 Å². The molecule has 0 saturated carbocycles. The second-order valence-corrected chi connectivity index (χ2v) is 3.41. The summed E-state index contributed by atoms with van der Waals surface area (Å²) in [6.07, 6.45) is 0. The summed E-state index contributed by atoms with van der Waals surface area (Å²) in [6.45, 7) is 1.85. The number of para-hydroxylation sites is 1. The third-order valence-electron chi connectivity index (χ3n) is 2.36. The highest BCUT2D eigenvalue weighted by atomic mass is 16.2. The van der Waals surface area contributed by atoms with E-state index in [1.165, 1.54) is 0 Å². The van der Waals surface area contributed by atoms with Gasteiger partial charge < -0.3 is 11.1 Å². The molecular weight excluding hydrogens is 164 g/mol. The number of anilines is 1. The number of fused-ring (bicyclic) bond motifs is 1. The summed E-state index contributed by atoms with van der Waals surface area (Å²) in [5.41, 5.74) is 7.66. The fourth-order valence-electron chi connectivity index (χ4n) is 1.76. The first kappa shape index (κ1) is 8.26. The van der Waals surface area contributed by atoms with E-state index >= 15 is 0 Å². The lowest BCUT2D eigenvalue weighted by atomic mass is 9.95. The SMILES string of the molecule is CC(N)C1C(=O)Nc2ccccc21. The van der Waals surface area contributed by atoms with Crippen molar-refractivity contribution in [1.29, 1.82) is 0 Å². The van der Waals surface area contributed by atoms with Gasteiger partial charge in [-0.25, -0.2) is 0 Å². The summed E-state index contributed by atoms with van der Waals surface area (Å²) in [7, 11) is 0. The molecule has 2 rings (SSSR count). The average molecular weight is 176 g/mol. The number of nitrogens with one attached hydrogen (secondary N) is 1. The molecule has 0 bridgehead atoms. The van der Waals surface area contributed by atoms with Gasteiger partial charge in [-0.2, -0.15) is 0 Å². The van der Waals surface area contributed by atoms with E-state index < -0.39 is 0 Å². The van der Waals surface area contributed by atoms with E-state index in [0.29, 0.717) is 0 Å². The Labute approximate surface area is 76.9 Å². The van der Waals surface area contributed by atoms with Gasteiger partial charge in [0, 0.05) is 11.7 Å². The van der Waals surface area contributed by atoms with Crippen LogP contribution in [0.1, 0.15) is 18.4 Å². The Morgan fingerprint density at radius 3 is 2.85 bits per heavy atom. The predicted octanol–water partition coefficient (Wildman–Crippen LogP) is 1.07. The molecule has 1 aliphatic heterocycles. The van der Waals surface area contributed by atoms with Crippen LogP contribution < -0.4 is 11.1 Å². The number of hydrogen-bond donors (Lipinski definition) is 2. The highest BCUT2D eigenvalue weighted by Crippen LogP contribution is 2.33. The summed E-state index contributed by atoms with van der Waals surface area (Å²) < 4.78 is 0. The van der Waals surface area contributed by atoms with Crippen molar-refractivity contribution in [2.45, 2.75) is 18.9 Å². The van der Waals surface area contributed by atoms with Crippen LogP contribution in [0.15, 0.2) is 24.3 Å². The number of benzene rings is 1. The van der Waals surface area contributed by atoms with E-state index in [-0.39, 0.29) is 17.9 Å². The smallest absolute Gasteiger partial charge is 0.233 e. The molecular formula is C10H12N2O. The highest BCUT2D eigenvalue weighted by Gasteiger charge is 2.32. The van der Waals surface area contributed by atoms with Gasteiger partial charge in [0.25, 0.3) is 0 Å². The van der Waals surface area contributed by atoms with Gasteiger partial charge in [-0.05, 0) is 18.6 Å². The summed E-state index contributed by atoms with van der Waals surface area (Å²) in [4.78, 5) is 11.5. The van der Waals surface area contributed by atoms with Crippen LogP contribution in [-0.4, -0.2) is 11.9 Å². The van der Waals surface area contributed by atoms with Gasteiger partial charge in [0.15, 0.2) is 0 Å². The number of rotatable bonds is 1. The largest absolute Gasteiger partial charge is 0.327 e. The first-order chi connectivity index (χ1) is 6.20. The maximum absolute atomic E-state index is 11.5. The molecule has 1 aromatic carbocycles. The highest BCUT2D eigenvalue weighted by molar-refractivity contribution is 6.03. The van der Waals surface area contributed by atoms with Crippen molar-refractivity contribution in [3.05, 3.63) is 29.8 Å². The topological polar surface area (TPSA) is 55.1 Å². The Balaban J connectivity index is 2.46. The Kier molecular flexibility index (Phi) is 1.81. The Bertz CT molecular complexity index is 347. The van der Waals surface area contributed by atoms with E-state index in [0.717, 1.165) is 11.3 Å². The Morgan fingerprint density at radius 2 is 2.15 bits per heavy atom. The molecule has 1 aliphatic rings. The molecule has 0 saturated heterocycles. The van der Waals surface area contributed by atoms with Gasteiger partial charge >= 0.3 is 0 Å². The van der Waals surface area contributed by atoms with Crippen molar-refractivity contribution >= 4 is 11.6 Å². The molecule has 1 heterocycles. The zero-order valence-corrected chi connectivity index (χ0v) is 7.45. The normalized spacial score (nSPS) is 22.3. The Morgan fingerprint density at radius 1 is 1.46 bits per heavy atom. The lowest BCUT2D eigenvalue weighted by Gasteiger charge is -2.11. The molecule has 3 nitrogen and oxygen atoms in total. The maximum Gasteiger partial charge on any atom is 0.233 e. The molecule has 0 radical (unpaired) electrons. The predicted molar refractivity (Wildman–Crippen MR) is 51.5 cm³/mol. The van der Waals surface area contributed by atoms with Crippen LogP contribution in [-0.2, 0) is 4.79 Å². The number of carbonyl (C=O) groups excluding carboxylic acids is 1. The number of amides is 1. The minimum absolute atomic E-state index is 0.0104. The maximum atomic E-state index is 11.5. The molecule has 3 N–H and O–H groups in total. The lowest BCUT2D eigenvalue weighted by molar-refractivity contribution is -0.117. The quantitative estimate of drug-likeness (QED) is 0.672. The summed E-state index contributed by atoms with van der Waals surface area (Å²) >= 11 is 0. The Hall–Kier alpha value is -1.35. The van der Waals surface area contributed by atoms with Crippen molar-refractivity contribution in [3.8, 4) is 0 Å². The van der Waals surface area contributed by atoms with Crippen molar-refractivity contribution < 1.29 is 4.79 Å². The zero-order valence-electron chi connectivity index (χ0n) is 7.45. The number of carbonyl (C=O) groups is 1. The van der Waals surface area contributed by atoms with E-state index in [4.69, 9.17) is 5.73 Å². The molecule has 0 aromatic heterocycles. The molecule has 0 spiro atoms. The summed E-state index contributed by atoms with van der Waals surface area (Å²) in [5, 5.41) is 2.81. The zero-order chi connectivity index (χ0) is 9.42. The fourth-order valence-corrected chi connectivity index (χ4v) is 1.76. The fraction of sp³-hybridized carbons (Fsp3) is 0.300. The third kappa shape index (κ3) is 1.21. The van der Waals surface area contributed by atoms with Gasteiger partial charge in [0.2, 0.25) is 5.91 Å². The van der Waals surface area contributed by atoms with Crippen LogP contribution in [0, 0.1) is 0 Å². The standard InChI is InChI=1S/C10H12N2O/c1-6(11)9-7-4-2-3-5-8(7)12-10(9)13/h2-6,9H,11H2,1H3,(H,12,13). The average Bonchev–Trinajstić information content (AvgIpc) is 2.39. The molecule has 13 heavy (non-hydrogen) atoms. The van der Waals surface area contributed by atoms with E-state index in [9.17, 15) is 4.79 Å². The van der Waals surface area contributed by atoms with E-state index in [1.807, 2.05) is 31.2 Å². The molecule has 0 aliphatic carbocycles. The summed E-state index contributed by atoms with van der Waals surface area (Å²) in [6, 6.07) is 7.54. The molecule has 68 valence electrons. The molecule has 3 heteroatoms. The van der Waals surface area contributed by atoms with Gasteiger partial charge in [-0.1, -0.05) is 18.2 Å². The van der Waals surface area contributed by atoms with E-state index in [1.54, 1.807) is 0 Å². The van der Waals surface area contributed by atoms with Crippen molar-refractivity contribution in [1.82, 2.24) is 0 Å². The van der Waals surface area contributed by atoms with Gasteiger partial charge in [0.05, 0.1) is 5.92 Å². The van der Waals surface area contributed by atoms with Gasteiger partial charge in [-0.15, -0.1) is 0 Å². The minimum Gasteiger partial charge on any atom is -0.327 e. The monoisotopic (exact) mass is 176 g/mol. The molecule has 0 fully saturated rings. The second kappa shape index (κ2) is 2.85. The third-order valence-corrected chi connectivity index (χ3v) is 2.36. The van der Waals surface area contributed by atoms with Crippen LogP contribution in [0.4, 0.5) is 5.69 Å². The van der Waals surface area contributed by atoms with Crippen LogP contribution >= 0.6 is 0 Å². The van der Waals surface area contributed by atoms with Gasteiger partial charge in [-0.3, -0.25) is 4.79 Å². The first-order valence-corrected chi connectivity index (χ1v) is 4.35. The molecule has 1 amide bonds. The van der Waals surface area contributed by atoms with Gasteiger partial charge in [0.1, 0.15) is 0 Å². The molecule has 1 aromatic rings.